The minimum Gasteiger partial charge on any atom is -0.308 e. The van der Waals surface area contributed by atoms with E-state index in [-0.39, 0.29) is 5.91 Å². The van der Waals surface area contributed by atoms with E-state index in [1.807, 2.05) is 4.58 Å². The van der Waals surface area contributed by atoms with Gasteiger partial charge in [0.25, 0.3) is 0 Å². The summed E-state index contributed by atoms with van der Waals surface area (Å²) in [6.07, 6.45) is 3.59. The van der Waals surface area contributed by atoms with Gasteiger partial charge in [0.2, 0.25) is 12.2 Å². The molecule has 3 heteroatoms. The van der Waals surface area contributed by atoms with Gasteiger partial charge in [-0.05, 0) is 45.9 Å². The van der Waals surface area contributed by atoms with Crippen LogP contribution < -0.4 is 4.90 Å². The molecule has 33 heavy (non-hydrogen) atoms. The van der Waals surface area contributed by atoms with Crippen molar-refractivity contribution >= 4 is 23.6 Å². The van der Waals surface area contributed by atoms with Crippen molar-refractivity contribution in [2.45, 2.75) is 92.9 Å². The Bertz CT molecular complexity index is 1000. The van der Waals surface area contributed by atoms with Gasteiger partial charge in [0.1, 0.15) is 0 Å². The lowest BCUT2D eigenvalue weighted by Crippen LogP contribution is -2.50. The Kier molecular flexibility index (Phi) is 7.21. The number of anilines is 1. The van der Waals surface area contributed by atoms with E-state index in [1.54, 1.807) is 0 Å². The van der Waals surface area contributed by atoms with E-state index in [0.29, 0.717) is 30.2 Å². The molecule has 178 valence electrons. The van der Waals surface area contributed by atoms with Crippen LogP contribution in [0.2, 0.25) is 0 Å². The fourth-order valence-corrected chi connectivity index (χ4v) is 4.84. The highest BCUT2D eigenvalue weighted by Gasteiger charge is 2.40. The maximum Gasteiger partial charge on any atom is 0.247 e. The molecule has 0 N–H and O–H groups in total. The van der Waals surface area contributed by atoms with Crippen molar-refractivity contribution in [3.8, 4) is 0 Å². The van der Waals surface area contributed by atoms with E-state index in [1.165, 1.54) is 27.9 Å². The summed E-state index contributed by atoms with van der Waals surface area (Å²) in [5.74, 6) is 1.48. The minimum absolute atomic E-state index is 0.113. The van der Waals surface area contributed by atoms with Crippen LogP contribution in [0.15, 0.2) is 36.4 Å². The first-order valence-electron chi connectivity index (χ1n) is 12.5. The molecule has 3 rings (SSSR count). The van der Waals surface area contributed by atoms with E-state index < -0.39 is 5.41 Å². The van der Waals surface area contributed by atoms with Crippen LogP contribution >= 0.6 is 0 Å². The van der Waals surface area contributed by atoms with Crippen LogP contribution in [-0.4, -0.2) is 23.4 Å². The third-order valence-corrected chi connectivity index (χ3v) is 6.73. The predicted molar refractivity (Wildman–Crippen MR) is 140 cm³/mol. The lowest BCUT2D eigenvalue weighted by molar-refractivity contribution is -0.378. The smallest absolute Gasteiger partial charge is 0.247 e. The summed E-state index contributed by atoms with van der Waals surface area (Å²) < 4.78 is 1.84. The van der Waals surface area contributed by atoms with E-state index in [0.717, 1.165) is 5.69 Å². The number of carbonyl (C=O) groups excluding carboxylic acids is 1. The van der Waals surface area contributed by atoms with Crippen LogP contribution in [0.5, 0.6) is 0 Å². The van der Waals surface area contributed by atoms with Crippen LogP contribution in [0.25, 0.3) is 0 Å². The Morgan fingerprint density at radius 3 is 1.55 bits per heavy atom. The third kappa shape index (κ3) is 4.78. The molecule has 0 radical (unpaired) electrons. The first-order chi connectivity index (χ1) is 15.4. The number of hydrogen-bond donors (Lipinski definition) is 0. The zero-order valence-electron chi connectivity index (χ0n) is 22.3. The average molecular weight is 447 g/mol. The highest BCUT2D eigenvalue weighted by Crippen LogP contribution is 2.41. The maximum atomic E-state index is 13.8. The predicted octanol–water partition coefficient (Wildman–Crippen LogP) is 7.80. The van der Waals surface area contributed by atoms with Crippen LogP contribution in [0.4, 0.5) is 11.4 Å². The molecule has 0 fully saturated rings. The molecular formula is C30H42N2O. The van der Waals surface area contributed by atoms with Gasteiger partial charge in [0.05, 0.1) is 23.3 Å². The summed E-state index contributed by atoms with van der Waals surface area (Å²) in [7, 11) is 0. The number of hydrogen-bond acceptors (Lipinski definition) is 2. The Hall–Kier alpha value is -2.42. The standard InChI is InChI=1S/C30H42N2O/c1-19(2)23-13-11-14-24(20(3)4)27(23)31-17-30(9,10)29(33)32(18-31)28-25(21(5)6)15-12-16-26(28)22(7)8/h11-16,19-22H,17H2,1-10H3. The molecular weight excluding hydrogens is 404 g/mol. The van der Waals surface area contributed by atoms with Crippen molar-refractivity contribution in [1.29, 1.82) is 0 Å². The number of carbonyl (C=O) groups is 1. The van der Waals surface area contributed by atoms with Gasteiger partial charge in [-0.1, -0.05) is 106 Å². The van der Waals surface area contributed by atoms with Crippen molar-refractivity contribution in [2.24, 2.45) is 5.41 Å². The zero-order valence-corrected chi connectivity index (χ0v) is 22.3. The first-order valence-corrected chi connectivity index (χ1v) is 12.5. The number of rotatable bonds is 6. The van der Waals surface area contributed by atoms with Crippen molar-refractivity contribution < 1.29 is 9.37 Å². The van der Waals surface area contributed by atoms with Crippen molar-refractivity contribution in [2.75, 3.05) is 11.4 Å². The molecule has 0 bridgehead atoms. The molecule has 1 aliphatic heterocycles. The molecule has 0 aromatic heterocycles. The van der Waals surface area contributed by atoms with Crippen molar-refractivity contribution in [1.82, 2.24) is 0 Å². The lowest BCUT2D eigenvalue weighted by atomic mass is 9.85. The summed E-state index contributed by atoms with van der Waals surface area (Å²) in [6.45, 7) is 22.5. The molecule has 2 aromatic carbocycles. The molecule has 0 spiro atoms. The van der Waals surface area contributed by atoms with Gasteiger partial charge in [-0.2, -0.15) is 0 Å². The Balaban J connectivity index is 2.36. The molecule has 1 amide bonds. The van der Waals surface area contributed by atoms with Crippen molar-refractivity contribution in [3.05, 3.63) is 58.7 Å². The molecule has 1 aliphatic rings. The minimum atomic E-state index is -0.540. The second kappa shape index (κ2) is 9.44. The van der Waals surface area contributed by atoms with Gasteiger partial charge in [-0.15, -0.1) is 0 Å². The summed E-state index contributed by atoms with van der Waals surface area (Å²) >= 11 is 0. The van der Waals surface area contributed by atoms with Crippen LogP contribution in [0, 0.1) is 5.41 Å². The lowest BCUT2D eigenvalue weighted by Gasteiger charge is -2.39. The maximum absolute atomic E-state index is 13.8. The van der Waals surface area contributed by atoms with Crippen molar-refractivity contribution in [3.63, 3.8) is 0 Å². The molecule has 1 heterocycles. The van der Waals surface area contributed by atoms with Crippen LogP contribution in [0.1, 0.15) is 115 Å². The van der Waals surface area contributed by atoms with Crippen LogP contribution in [0.3, 0.4) is 0 Å². The number of amides is 1. The van der Waals surface area contributed by atoms with Gasteiger partial charge >= 0.3 is 0 Å². The number of nitrogens with zero attached hydrogens (tertiary/aromatic N) is 2. The average Bonchev–Trinajstić information content (AvgIpc) is 2.74. The fourth-order valence-electron chi connectivity index (χ4n) is 4.84. The Morgan fingerprint density at radius 2 is 1.15 bits per heavy atom. The number of benzene rings is 2. The molecule has 2 aromatic rings. The monoisotopic (exact) mass is 446 g/mol. The largest absolute Gasteiger partial charge is 0.308 e. The van der Waals surface area contributed by atoms with Gasteiger partial charge in [0, 0.05) is 0 Å². The summed E-state index contributed by atoms with van der Waals surface area (Å²) in [5, 5.41) is 0. The van der Waals surface area contributed by atoms with Gasteiger partial charge in [0.15, 0.2) is 0 Å². The van der Waals surface area contributed by atoms with E-state index in [4.69, 9.17) is 0 Å². The second-order valence-electron chi connectivity index (χ2n) is 11.4. The second-order valence-corrected chi connectivity index (χ2v) is 11.4. The van der Waals surface area contributed by atoms with E-state index in [2.05, 4.69) is 117 Å². The normalized spacial score (nSPS) is 16.4. The summed E-state index contributed by atoms with van der Waals surface area (Å²) in [6, 6.07) is 13.1. The first kappa shape index (κ1) is 25.2. The quantitative estimate of drug-likeness (QED) is 0.334. The Labute approximate surface area is 201 Å². The fraction of sp³-hybridized carbons (Fsp3) is 0.533. The third-order valence-electron chi connectivity index (χ3n) is 6.73. The molecule has 0 saturated heterocycles. The van der Waals surface area contributed by atoms with E-state index >= 15 is 0 Å². The van der Waals surface area contributed by atoms with Gasteiger partial charge in [-0.3, -0.25) is 4.58 Å². The molecule has 3 nitrogen and oxygen atoms in total. The molecule has 0 saturated carbocycles. The summed E-state index contributed by atoms with van der Waals surface area (Å²) in [5.41, 5.74) is 6.68. The Morgan fingerprint density at radius 1 is 0.758 bits per heavy atom. The highest BCUT2D eigenvalue weighted by atomic mass is 16.2. The molecule has 0 aliphatic carbocycles. The van der Waals surface area contributed by atoms with Gasteiger partial charge < -0.3 is 9.69 Å². The van der Waals surface area contributed by atoms with E-state index in [9.17, 15) is 4.79 Å². The molecule has 0 atom stereocenters. The zero-order chi connectivity index (χ0) is 24.7. The SMILES string of the molecule is CC(C)c1cccc(C(C)C)c1N1[C-]=[N+](c2c(C(C)C)cccc2C(C)C)C(=O)C(C)(C)C1. The number of para-hydroxylation sites is 2. The van der Waals surface area contributed by atoms with Crippen LogP contribution in [-0.2, 0) is 4.79 Å². The topological polar surface area (TPSA) is 23.3 Å². The van der Waals surface area contributed by atoms with Gasteiger partial charge in [-0.25, -0.2) is 0 Å². The highest BCUT2D eigenvalue weighted by molar-refractivity contribution is 5.92. The molecule has 0 unspecified atom stereocenters. The summed E-state index contributed by atoms with van der Waals surface area (Å²) in [4.78, 5) is 16.1.